The van der Waals surface area contributed by atoms with Crippen LogP contribution in [0.5, 0.6) is 0 Å². The molecule has 8 heteroatoms. The topological polar surface area (TPSA) is 79.3 Å². The normalized spacial score (nSPS) is 11.5. The number of urea groups is 1. The Labute approximate surface area is 212 Å². The van der Waals surface area contributed by atoms with Crippen LogP contribution in [-0.2, 0) is 10.2 Å². The molecule has 3 amide bonds. The number of aryl methyl sites for hydroxylation is 2. The van der Waals surface area contributed by atoms with Gasteiger partial charge in [0, 0.05) is 28.2 Å². The van der Waals surface area contributed by atoms with Gasteiger partial charge in [-0.2, -0.15) is 5.10 Å². The van der Waals surface area contributed by atoms with E-state index < -0.39 is 0 Å². The molecule has 2 aromatic carbocycles. The van der Waals surface area contributed by atoms with E-state index in [2.05, 4.69) is 31.4 Å². The molecule has 3 rings (SSSR count). The van der Waals surface area contributed by atoms with Crippen molar-refractivity contribution in [1.82, 2.24) is 14.7 Å². The van der Waals surface area contributed by atoms with Crippen molar-refractivity contribution in [1.29, 1.82) is 0 Å². The van der Waals surface area contributed by atoms with Crippen molar-refractivity contribution < 1.29 is 9.59 Å². The third-order valence-corrected chi connectivity index (χ3v) is 5.98. The predicted molar refractivity (Wildman–Crippen MR) is 143 cm³/mol. The van der Waals surface area contributed by atoms with Crippen molar-refractivity contribution >= 4 is 35.0 Å². The summed E-state index contributed by atoms with van der Waals surface area (Å²) in [5.74, 6) is 0.215. The molecule has 0 bridgehead atoms. The average molecular weight is 496 g/mol. The van der Waals surface area contributed by atoms with Crippen molar-refractivity contribution in [2.75, 3.05) is 17.2 Å². The Morgan fingerprint density at radius 2 is 1.63 bits per heavy atom. The number of anilines is 2. The number of nitrogens with one attached hydrogen (secondary N) is 2. The van der Waals surface area contributed by atoms with Crippen molar-refractivity contribution in [2.45, 2.75) is 59.9 Å². The molecule has 2 N–H and O–H groups in total. The fraction of sp³-hybridized carbons (Fsp3) is 0.370. The van der Waals surface area contributed by atoms with Gasteiger partial charge in [0.15, 0.2) is 0 Å². The highest BCUT2D eigenvalue weighted by Crippen LogP contribution is 2.27. The van der Waals surface area contributed by atoms with Crippen molar-refractivity contribution in [3.05, 3.63) is 70.4 Å². The Morgan fingerprint density at radius 3 is 2.17 bits per heavy atom. The first-order chi connectivity index (χ1) is 16.4. The molecule has 186 valence electrons. The Kier molecular flexibility index (Phi) is 7.90. The number of benzene rings is 2. The van der Waals surface area contributed by atoms with E-state index in [9.17, 15) is 9.59 Å². The summed E-state index contributed by atoms with van der Waals surface area (Å²) in [6, 6.07) is 14.4. The van der Waals surface area contributed by atoms with E-state index in [1.807, 2.05) is 64.1 Å². The summed E-state index contributed by atoms with van der Waals surface area (Å²) in [6.07, 6.45) is 0. The number of hydrogen-bond donors (Lipinski definition) is 2. The van der Waals surface area contributed by atoms with Crippen molar-refractivity contribution in [2.24, 2.45) is 0 Å². The van der Waals surface area contributed by atoms with Gasteiger partial charge < -0.3 is 15.5 Å². The molecule has 0 aliphatic carbocycles. The van der Waals surface area contributed by atoms with E-state index in [1.54, 1.807) is 16.8 Å². The van der Waals surface area contributed by atoms with Crippen LogP contribution in [0.1, 0.15) is 51.4 Å². The standard InChI is InChI=1S/C27H34ClN5O2/c1-17(2)32(26(35)30-25-18(3)9-8-10-19(25)4)16-24(34)29-23-15-22(27(5,6)7)31-33(23)21-13-11-20(28)12-14-21/h8-15,17H,16H2,1-7H3,(H,29,34)(H,30,35). The number of nitrogens with zero attached hydrogens (tertiary/aromatic N) is 3. The lowest BCUT2D eigenvalue weighted by Gasteiger charge is -2.27. The molecule has 0 saturated carbocycles. The number of amides is 3. The van der Waals surface area contributed by atoms with Crippen LogP contribution in [0.15, 0.2) is 48.5 Å². The molecule has 0 saturated heterocycles. The minimum atomic E-state index is -0.325. The number of halogens is 1. The summed E-state index contributed by atoms with van der Waals surface area (Å²) in [5, 5.41) is 11.3. The quantitative estimate of drug-likeness (QED) is 0.420. The summed E-state index contributed by atoms with van der Waals surface area (Å²) in [5.41, 5.74) is 4.08. The lowest BCUT2D eigenvalue weighted by atomic mass is 9.92. The highest BCUT2D eigenvalue weighted by molar-refractivity contribution is 6.30. The molecule has 1 aromatic heterocycles. The summed E-state index contributed by atoms with van der Waals surface area (Å²) in [6.45, 7) is 13.7. The van der Waals surface area contributed by atoms with E-state index in [0.29, 0.717) is 10.8 Å². The number of carbonyl (C=O) groups is 2. The van der Waals surface area contributed by atoms with E-state index >= 15 is 0 Å². The number of rotatable bonds is 6. The second-order valence-corrected chi connectivity index (χ2v) is 10.5. The van der Waals surface area contributed by atoms with Gasteiger partial charge in [0.1, 0.15) is 12.4 Å². The molecule has 0 spiro atoms. The molecule has 0 aliphatic heterocycles. The van der Waals surface area contributed by atoms with E-state index in [0.717, 1.165) is 28.2 Å². The van der Waals surface area contributed by atoms with Gasteiger partial charge in [0.25, 0.3) is 0 Å². The highest BCUT2D eigenvalue weighted by Gasteiger charge is 2.24. The van der Waals surface area contributed by atoms with E-state index in [4.69, 9.17) is 16.7 Å². The van der Waals surface area contributed by atoms with Gasteiger partial charge in [-0.1, -0.05) is 50.6 Å². The van der Waals surface area contributed by atoms with Crippen LogP contribution < -0.4 is 10.6 Å². The van der Waals surface area contributed by atoms with Crippen LogP contribution in [0.2, 0.25) is 5.02 Å². The van der Waals surface area contributed by atoms with Gasteiger partial charge >= 0.3 is 6.03 Å². The summed E-state index contributed by atoms with van der Waals surface area (Å²) >= 11 is 6.05. The fourth-order valence-electron chi connectivity index (χ4n) is 3.63. The second kappa shape index (κ2) is 10.5. The molecule has 3 aromatic rings. The molecule has 1 heterocycles. The number of carbonyl (C=O) groups excluding carboxylic acids is 2. The lowest BCUT2D eigenvalue weighted by molar-refractivity contribution is -0.117. The first-order valence-electron chi connectivity index (χ1n) is 11.7. The molecule has 0 radical (unpaired) electrons. The van der Waals surface area contributed by atoms with Gasteiger partial charge in [-0.25, -0.2) is 9.48 Å². The Morgan fingerprint density at radius 1 is 1.03 bits per heavy atom. The van der Waals surface area contributed by atoms with Crippen molar-refractivity contribution in [3.63, 3.8) is 0 Å². The Hall–Kier alpha value is -3.32. The van der Waals surface area contributed by atoms with Crippen LogP contribution in [0.3, 0.4) is 0 Å². The summed E-state index contributed by atoms with van der Waals surface area (Å²) < 4.78 is 1.69. The summed E-state index contributed by atoms with van der Waals surface area (Å²) in [7, 11) is 0. The molecule has 35 heavy (non-hydrogen) atoms. The fourth-order valence-corrected chi connectivity index (χ4v) is 3.76. The van der Waals surface area contributed by atoms with Crippen LogP contribution in [0.4, 0.5) is 16.3 Å². The Balaban J connectivity index is 1.83. The van der Waals surface area contributed by atoms with Gasteiger partial charge in [0.05, 0.1) is 11.4 Å². The molecular weight excluding hydrogens is 462 g/mol. The second-order valence-electron chi connectivity index (χ2n) is 10.0. The molecule has 0 aliphatic rings. The average Bonchev–Trinajstić information content (AvgIpc) is 3.19. The van der Waals surface area contributed by atoms with Crippen molar-refractivity contribution in [3.8, 4) is 5.69 Å². The number of para-hydroxylation sites is 1. The highest BCUT2D eigenvalue weighted by atomic mass is 35.5. The SMILES string of the molecule is Cc1cccc(C)c1NC(=O)N(CC(=O)Nc1cc(C(C)(C)C)nn1-c1ccc(Cl)cc1)C(C)C. The zero-order chi connectivity index (χ0) is 25.9. The minimum absolute atomic E-state index is 0.106. The van der Waals surface area contributed by atoms with E-state index in [1.165, 1.54) is 4.90 Å². The maximum atomic E-state index is 13.1. The van der Waals surface area contributed by atoms with Crippen LogP contribution in [0, 0.1) is 13.8 Å². The maximum Gasteiger partial charge on any atom is 0.322 e. The van der Waals surface area contributed by atoms with Crippen LogP contribution in [-0.4, -0.2) is 39.2 Å². The van der Waals surface area contributed by atoms with Gasteiger partial charge in [-0.15, -0.1) is 0 Å². The molecule has 0 atom stereocenters. The van der Waals surface area contributed by atoms with Crippen LogP contribution in [0.25, 0.3) is 5.69 Å². The maximum absolute atomic E-state index is 13.1. The Bertz CT molecular complexity index is 1190. The monoisotopic (exact) mass is 495 g/mol. The number of hydrogen-bond acceptors (Lipinski definition) is 3. The molecule has 0 unspecified atom stereocenters. The molecule has 7 nitrogen and oxygen atoms in total. The van der Waals surface area contributed by atoms with Gasteiger partial charge in [-0.05, 0) is 63.1 Å². The summed E-state index contributed by atoms with van der Waals surface area (Å²) in [4.78, 5) is 27.7. The number of aromatic nitrogens is 2. The van der Waals surface area contributed by atoms with Crippen LogP contribution >= 0.6 is 11.6 Å². The zero-order valence-corrected chi connectivity index (χ0v) is 22.2. The van der Waals surface area contributed by atoms with Gasteiger partial charge in [0.2, 0.25) is 5.91 Å². The zero-order valence-electron chi connectivity index (χ0n) is 21.4. The van der Waals surface area contributed by atoms with E-state index in [-0.39, 0.29) is 29.9 Å². The molecule has 0 fully saturated rings. The first kappa shape index (κ1) is 26.3. The smallest absolute Gasteiger partial charge is 0.313 e. The lowest BCUT2D eigenvalue weighted by Crippen LogP contribution is -2.45. The third-order valence-electron chi connectivity index (χ3n) is 5.73. The largest absolute Gasteiger partial charge is 0.322 e. The predicted octanol–water partition coefficient (Wildman–Crippen LogP) is 6.32. The van der Waals surface area contributed by atoms with Gasteiger partial charge in [-0.3, -0.25) is 4.79 Å². The minimum Gasteiger partial charge on any atom is -0.313 e. The first-order valence-corrected chi connectivity index (χ1v) is 12.0. The molecular formula is C27H34ClN5O2. The third kappa shape index (κ3) is 6.42.